The second-order valence-corrected chi connectivity index (χ2v) is 4.97. The number of benzene rings is 1. The lowest BCUT2D eigenvalue weighted by molar-refractivity contribution is 0.630. The molecule has 0 atom stereocenters. The number of fused-ring (bicyclic) bond motifs is 1. The number of anilines is 1. The van der Waals surface area contributed by atoms with Crippen molar-refractivity contribution in [2.24, 2.45) is 5.73 Å². The minimum absolute atomic E-state index is 0.267. The molecule has 1 aliphatic rings. The van der Waals surface area contributed by atoms with E-state index in [0.717, 1.165) is 36.0 Å². The van der Waals surface area contributed by atoms with E-state index in [0.29, 0.717) is 16.9 Å². The van der Waals surface area contributed by atoms with Crippen molar-refractivity contribution in [2.45, 2.75) is 19.3 Å². The van der Waals surface area contributed by atoms with Crippen LogP contribution in [-0.2, 0) is 12.8 Å². The number of aryl methyl sites for hydroxylation is 1. The summed E-state index contributed by atoms with van der Waals surface area (Å²) < 4.78 is 14.4. The van der Waals surface area contributed by atoms with Crippen molar-refractivity contribution in [2.75, 3.05) is 5.73 Å². The van der Waals surface area contributed by atoms with Gasteiger partial charge in [-0.05, 0) is 66.4 Å². The fourth-order valence-corrected chi connectivity index (χ4v) is 2.83. The maximum Gasteiger partial charge on any atom is 0.133 e. The Morgan fingerprint density at radius 3 is 2.90 bits per heavy atom. The van der Waals surface area contributed by atoms with Crippen molar-refractivity contribution in [3.8, 4) is 11.1 Å². The minimum Gasteiger partial charge on any atom is -0.405 e. The van der Waals surface area contributed by atoms with Crippen molar-refractivity contribution >= 4 is 11.8 Å². The van der Waals surface area contributed by atoms with Crippen LogP contribution in [-0.4, -0.2) is 4.98 Å². The van der Waals surface area contributed by atoms with Gasteiger partial charge in [-0.25, -0.2) is 4.39 Å². The number of hydrogen-bond acceptors (Lipinski definition) is 3. The molecule has 1 aromatic carbocycles. The van der Waals surface area contributed by atoms with Gasteiger partial charge in [-0.1, -0.05) is 0 Å². The Morgan fingerprint density at radius 1 is 1.25 bits per heavy atom. The molecule has 4 heteroatoms. The molecule has 4 N–H and O–H groups in total. The smallest absolute Gasteiger partial charge is 0.133 e. The lowest BCUT2D eigenvalue weighted by atomic mass is 9.97. The maximum atomic E-state index is 14.4. The van der Waals surface area contributed by atoms with Gasteiger partial charge in [0, 0.05) is 17.4 Å². The summed E-state index contributed by atoms with van der Waals surface area (Å²) in [6.45, 7) is 0. The number of nitrogen functional groups attached to an aromatic ring is 1. The molecule has 1 aromatic heterocycles. The van der Waals surface area contributed by atoms with E-state index >= 15 is 0 Å². The van der Waals surface area contributed by atoms with Gasteiger partial charge in [0.05, 0.1) is 5.69 Å². The highest BCUT2D eigenvalue weighted by Crippen LogP contribution is 2.37. The van der Waals surface area contributed by atoms with E-state index in [2.05, 4.69) is 4.98 Å². The normalized spacial score (nSPS) is 13.8. The quantitative estimate of drug-likeness (QED) is 0.824. The van der Waals surface area contributed by atoms with Crippen LogP contribution < -0.4 is 11.5 Å². The lowest BCUT2D eigenvalue weighted by Crippen LogP contribution is -2.00. The maximum absolute atomic E-state index is 14.4. The van der Waals surface area contributed by atoms with Crippen LogP contribution in [0.4, 0.5) is 10.1 Å². The molecule has 0 saturated heterocycles. The first-order valence-corrected chi connectivity index (χ1v) is 6.65. The summed E-state index contributed by atoms with van der Waals surface area (Å²) in [6, 6.07) is 5.18. The van der Waals surface area contributed by atoms with Gasteiger partial charge in [-0.3, -0.25) is 4.98 Å². The van der Waals surface area contributed by atoms with Crippen molar-refractivity contribution < 1.29 is 4.39 Å². The molecule has 0 fully saturated rings. The van der Waals surface area contributed by atoms with Crippen LogP contribution in [0.3, 0.4) is 0 Å². The highest BCUT2D eigenvalue weighted by Gasteiger charge is 2.20. The zero-order chi connectivity index (χ0) is 14.1. The molecule has 0 spiro atoms. The first-order valence-electron chi connectivity index (χ1n) is 6.65. The van der Waals surface area contributed by atoms with Crippen molar-refractivity contribution in [3.63, 3.8) is 0 Å². The van der Waals surface area contributed by atoms with Gasteiger partial charge < -0.3 is 11.5 Å². The number of nitrogens with zero attached hydrogens (tertiary/aromatic N) is 1. The Bertz CT molecular complexity index is 692. The summed E-state index contributed by atoms with van der Waals surface area (Å²) >= 11 is 0. The molecule has 0 bridgehead atoms. The Labute approximate surface area is 117 Å². The third-order valence-electron chi connectivity index (χ3n) is 3.73. The molecule has 0 unspecified atom stereocenters. The number of aromatic nitrogens is 1. The van der Waals surface area contributed by atoms with Gasteiger partial charge in [0.25, 0.3) is 0 Å². The van der Waals surface area contributed by atoms with Crippen LogP contribution in [0.1, 0.15) is 23.2 Å². The summed E-state index contributed by atoms with van der Waals surface area (Å²) in [5, 5.41) is 0. The fourth-order valence-electron chi connectivity index (χ4n) is 2.83. The van der Waals surface area contributed by atoms with E-state index in [-0.39, 0.29) is 5.82 Å². The number of nitrogens with two attached hydrogens (primary N) is 2. The molecular weight excluding hydrogens is 253 g/mol. The standard InChI is InChI=1S/C16H16FN3/c17-14-9-10-2-1-3-13(10)16(19)15(14)11-5-7-20-12(8-11)4-6-18/h4-9H,1-3,18-19H2/b6-4-. The van der Waals surface area contributed by atoms with Gasteiger partial charge in [0.15, 0.2) is 0 Å². The lowest BCUT2D eigenvalue weighted by Gasteiger charge is -2.12. The molecule has 1 aliphatic carbocycles. The summed E-state index contributed by atoms with van der Waals surface area (Å²) in [4.78, 5) is 4.16. The molecular formula is C16H16FN3. The number of pyridine rings is 1. The van der Waals surface area contributed by atoms with E-state index in [9.17, 15) is 4.39 Å². The van der Waals surface area contributed by atoms with E-state index < -0.39 is 0 Å². The summed E-state index contributed by atoms with van der Waals surface area (Å²) in [6.07, 6.45) is 7.60. The zero-order valence-corrected chi connectivity index (χ0v) is 11.1. The fraction of sp³-hybridized carbons (Fsp3) is 0.188. The number of rotatable bonds is 2. The second kappa shape index (κ2) is 4.96. The summed E-state index contributed by atoms with van der Waals surface area (Å²) in [7, 11) is 0. The average molecular weight is 269 g/mol. The summed E-state index contributed by atoms with van der Waals surface area (Å²) in [5.74, 6) is -0.267. The molecule has 102 valence electrons. The molecule has 3 rings (SSSR count). The third kappa shape index (κ3) is 2.03. The third-order valence-corrected chi connectivity index (χ3v) is 3.73. The Hall–Kier alpha value is -2.36. The topological polar surface area (TPSA) is 64.9 Å². The monoisotopic (exact) mass is 269 g/mol. The average Bonchev–Trinajstić information content (AvgIpc) is 2.88. The molecule has 20 heavy (non-hydrogen) atoms. The first-order chi connectivity index (χ1) is 9.70. The van der Waals surface area contributed by atoms with Gasteiger partial charge >= 0.3 is 0 Å². The van der Waals surface area contributed by atoms with Crippen LogP contribution in [0.2, 0.25) is 0 Å². The van der Waals surface area contributed by atoms with Crippen LogP contribution in [0, 0.1) is 5.82 Å². The highest BCUT2D eigenvalue weighted by atomic mass is 19.1. The first kappa shape index (κ1) is 12.7. The van der Waals surface area contributed by atoms with Gasteiger partial charge in [0.2, 0.25) is 0 Å². The number of hydrogen-bond donors (Lipinski definition) is 2. The predicted molar refractivity (Wildman–Crippen MR) is 79.3 cm³/mol. The Kier molecular flexibility index (Phi) is 3.14. The molecule has 0 radical (unpaired) electrons. The second-order valence-electron chi connectivity index (χ2n) is 4.97. The Morgan fingerprint density at radius 2 is 2.10 bits per heavy atom. The molecule has 0 saturated carbocycles. The van der Waals surface area contributed by atoms with Crippen LogP contribution in [0.15, 0.2) is 30.6 Å². The van der Waals surface area contributed by atoms with Crippen LogP contribution >= 0.6 is 0 Å². The Balaban J connectivity index is 2.17. The SMILES string of the molecule is N/C=C\c1cc(-c2c(F)cc3c(c2N)CCC3)ccn1. The molecule has 1 heterocycles. The number of halogens is 1. The molecule has 3 nitrogen and oxygen atoms in total. The zero-order valence-electron chi connectivity index (χ0n) is 11.1. The van der Waals surface area contributed by atoms with Crippen molar-refractivity contribution in [1.29, 1.82) is 0 Å². The summed E-state index contributed by atoms with van der Waals surface area (Å²) in [5.41, 5.74) is 16.1. The van der Waals surface area contributed by atoms with E-state index in [1.54, 1.807) is 30.5 Å². The molecule has 0 amide bonds. The molecule has 2 aromatic rings. The largest absolute Gasteiger partial charge is 0.405 e. The van der Waals surface area contributed by atoms with Crippen LogP contribution in [0.25, 0.3) is 17.2 Å². The van der Waals surface area contributed by atoms with Gasteiger partial charge in [-0.15, -0.1) is 0 Å². The van der Waals surface area contributed by atoms with Crippen LogP contribution in [0.5, 0.6) is 0 Å². The van der Waals surface area contributed by atoms with Gasteiger partial charge in [0.1, 0.15) is 5.82 Å². The molecule has 0 aliphatic heterocycles. The predicted octanol–water partition coefficient (Wildman–Crippen LogP) is 2.89. The minimum atomic E-state index is -0.267. The highest BCUT2D eigenvalue weighted by molar-refractivity contribution is 5.81. The van der Waals surface area contributed by atoms with E-state index in [1.807, 2.05) is 0 Å². The van der Waals surface area contributed by atoms with E-state index in [4.69, 9.17) is 11.5 Å². The van der Waals surface area contributed by atoms with E-state index in [1.165, 1.54) is 6.20 Å². The van der Waals surface area contributed by atoms with Crippen molar-refractivity contribution in [3.05, 3.63) is 53.2 Å². The van der Waals surface area contributed by atoms with Gasteiger partial charge in [-0.2, -0.15) is 0 Å². The van der Waals surface area contributed by atoms with Crippen molar-refractivity contribution in [1.82, 2.24) is 4.98 Å².